The van der Waals surface area contributed by atoms with Crippen LogP contribution in [0.2, 0.25) is 0 Å². The summed E-state index contributed by atoms with van der Waals surface area (Å²) in [5, 5.41) is 7.41. The molecule has 2 amide bonds. The Kier molecular flexibility index (Phi) is 6.29. The Labute approximate surface area is 210 Å². The van der Waals surface area contributed by atoms with E-state index in [4.69, 9.17) is 14.2 Å². The Morgan fingerprint density at radius 1 is 0.972 bits per heavy atom. The lowest BCUT2D eigenvalue weighted by Crippen LogP contribution is -2.46. The van der Waals surface area contributed by atoms with Crippen molar-refractivity contribution in [3.8, 4) is 17.1 Å². The van der Waals surface area contributed by atoms with Crippen LogP contribution in [0.15, 0.2) is 83.0 Å². The molecule has 1 N–H and O–H groups in total. The number of amides is 2. The predicted molar refractivity (Wildman–Crippen MR) is 140 cm³/mol. The molecule has 0 fully saturated rings. The molecule has 1 aliphatic rings. The zero-order valence-corrected chi connectivity index (χ0v) is 20.8. The maximum atomic E-state index is 13.4. The van der Waals surface area contributed by atoms with E-state index in [2.05, 4.69) is 10.5 Å². The third-order valence-electron chi connectivity index (χ3n) is 6.20. The Hall–Kier alpha value is -4.39. The molecular formula is C29H28N4O3. The van der Waals surface area contributed by atoms with Gasteiger partial charge in [0.25, 0.3) is 5.89 Å². The molecule has 0 bridgehead atoms. The van der Waals surface area contributed by atoms with Crippen molar-refractivity contribution in [2.45, 2.75) is 33.7 Å². The SMILES string of the molecule is CCOc1ccc(C2NC(=O)N(c3cccc(C)c3)C(C)=C2c2nc(-c3cccc(C)c3)no2)cc1. The van der Waals surface area contributed by atoms with Gasteiger partial charge in [0.15, 0.2) is 0 Å². The third kappa shape index (κ3) is 4.47. The fraction of sp³-hybridized carbons (Fsp3) is 0.207. The first-order valence-corrected chi connectivity index (χ1v) is 12.0. The fourth-order valence-electron chi connectivity index (χ4n) is 4.51. The molecular weight excluding hydrogens is 452 g/mol. The zero-order valence-electron chi connectivity index (χ0n) is 20.8. The van der Waals surface area contributed by atoms with E-state index in [0.717, 1.165) is 45.0 Å². The summed E-state index contributed by atoms with van der Waals surface area (Å²) in [5.41, 5.74) is 6.16. The van der Waals surface area contributed by atoms with Crippen LogP contribution in [-0.4, -0.2) is 22.8 Å². The summed E-state index contributed by atoms with van der Waals surface area (Å²) in [5.74, 6) is 1.63. The number of urea groups is 1. The van der Waals surface area contributed by atoms with E-state index < -0.39 is 6.04 Å². The van der Waals surface area contributed by atoms with E-state index in [1.165, 1.54) is 0 Å². The van der Waals surface area contributed by atoms with Gasteiger partial charge in [-0.15, -0.1) is 0 Å². The number of carbonyl (C=O) groups is 1. The average Bonchev–Trinajstić information content (AvgIpc) is 3.34. The van der Waals surface area contributed by atoms with Crippen molar-refractivity contribution >= 4 is 17.3 Å². The minimum Gasteiger partial charge on any atom is -0.494 e. The topological polar surface area (TPSA) is 80.5 Å². The highest BCUT2D eigenvalue weighted by molar-refractivity contribution is 6.01. The number of carbonyl (C=O) groups excluding carboxylic acids is 1. The summed E-state index contributed by atoms with van der Waals surface area (Å²) in [4.78, 5) is 19.8. The number of aryl methyl sites for hydroxylation is 2. The summed E-state index contributed by atoms with van der Waals surface area (Å²) in [7, 11) is 0. The number of anilines is 1. The van der Waals surface area contributed by atoms with Gasteiger partial charge in [0, 0.05) is 11.3 Å². The molecule has 7 heteroatoms. The number of aromatic nitrogens is 2. The maximum Gasteiger partial charge on any atom is 0.326 e. The van der Waals surface area contributed by atoms with Gasteiger partial charge < -0.3 is 14.6 Å². The van der Waals surface area contributed by atoms with Crippen LogP contribution in [0.5, 0.6) is 5.75 Å². The second kappa shape index (κ2) is 9.70. The molecule has 0 aliphatic carbocycles. The van der Waals surface area contributed by atoms with Gasteiger partial charge in [0.05, 0.1) is 23.9 Å². The van der Waals surface area contributed by atoms with Crippen molar-refractivity contribution < 1.29 is 14.1 Å². The van der Waals surface area contributed by atoms with Gasteiger partial charge in [-0.1, -0.05) is 53.2 Å². The van der Waals surface area contributed by atoms with Gasteiger partial charge in [-0.25, -0.2) is 4.79 Å². The molecule has 7 nitrogen and oxygen atoms in total. The first-order chi connectivity index (χ1) is 17.4. The van der Waals surface area contributed by atoms with Crippen LogP contribution in [0.4, 0.5) is 10.5 Å². The van der Waals surface area contributed by atoms with Gasteiger partial charge >= 0.3 is 6.03 Å². The molecule has 4 aromatic rings. The van der Waals surface area contributed by atoms with Crippen LogP contribution >= 0.6 is 0 Å². The summed E-state index contributed by atoms with van der Waals surface area (Å²) in [6.07, 6.45) is 0. The first kappa shape index (κ1) is 23.4. The van der Waals surface area contributed by atoms with Gasteiger partial charge in [0.1, 0.15) is 5.75 Å². The lowest BCUT2D eigenvalue weighted by atomic mass is 9.94. The van der Waals surface area contributed by atoms with Crippen molar-refractivity contribution in [2.75, 3.05) is 11.5 Å². The van der Waals surface area contributed by atoms with Gasteiger partial charge in [0.2, 0.25) is 5.82 Å². The summed E-state index contributed by atoms with van der Waals surface area (Å²) >= 11 is 0. The maximum absolute atomic E-state index is 13.4. The van der Waals surface area contributed by atoms with E-state index in [-0.39, 0.29) is 6.03 Å². The largest absolute Gasteiger partial charge is 0.494 e. The standard InChI is InChI=1S/C29H28N4O3/c1-5-35-24-14-12-21(13-15-24)26-25(28-31-27(32-36-28)22-10-6-8-18(2)16-22)20(4)33(29(34)30-26)23-11-7-9-19(3)17-23/h6-17,26H,5H2,1-4H3,(H,30,34). The number of nitrogens with one attached hydrogen (secondary N) is 1. The monoisotopic (exact) mass is 480 g/mol. The molecule has 2 heterocycles. The summed E-state index contributed by atoms with van der Waals surface area (Å²) < 4.78 is 11.4. The van der Waals surface area contributed by atoms with Crippen LogP contribution < -0.4 is 15.0 Å². The summed E-state index contributed by atoms with van der Waals surface area (Å²) in [6, 6.07) is 22.8. The molecule has 5 rings (SSSR count). The van der Waals surface area contributed by atoms with E-state index in [0.29, 0.717) is 18.3 Å². The van der Waals surface area contributed by atoms with E-state index >= 15 is 0 Å². The van der Waals surface area contributed by atoms with Crippen LogP contribution in [0.25, 0.3) is 17.0 Å². The van der Waals surface area contributed by atoms with Gasteiger partial charge in [-0.2, -0.15) is 4.98 Å². The van der Waals surface area contributed by atoms with Crippen LogP contribution in [0.1, 0.15) is 42.5 Å². The molecule has 0 radical (unpaired) electrons. The minimum absolute atomic E-state index is 0.223. The number of rotatable bonds is 6. The lowest BCUT2D eigenvalue weighted by molar-refractivity contribution is 0.244. The quantitative estimate of drug-likeness (QED) is 0.343. The molecule has 1 unspecified atom stereocenters. The van der Waals surface area contributed by atoms with Crippen molar-refractivity contribution in [3.05, 3.63) is 101 Å². The molecule has 0 saturated carbocycles. The van der Waals surface area contributed by atoms with Crippen LogP contribution in [0, 0.1) is 13.8 Å². The summed E-state index contributed by atoms with van der Waals surface area (Å²) in [6.45, 7) is 8.46. The second-order valence-corrected chi connectivity index (χ2v) is 8.85. The smallest absolute Gasteiger partial charge is 0.326 e. The molecule has 0 spiro atoms. The van der Waals surface area contributed by atoms with Crippen LogP contribution in [0.3, 0.4) is 0 Å². The van der Waals surface area contributed by atoms with Gasteiger partial charge in [-0.05, 0) is 69.2 Å². The third-order valence-corrected chi connectivity index (χ3v) is 6.20. The predicted octanol–water partition coefficient (Wildman–Crippen LogP) is 6.45. The fourth-order valence-corrected chi connectivity index (χ4v) is 4.51. The first-order valence-electron chi connectivity index (χ1n) is 12.0. The number of ether oxygens (including phenoxy) is 1. The Balaban J connectivity index is 1.63. The second-order valence-electron chi connectivity index (χ2n) is 8.85. The lowest BCUT2D eigenvalue weighted by Gasteiger charge is -2.35. The Morgan fingerprint density at radius 3 is 2.39 bits per heavy atom. The van der Waals surface area contributed by atoms with Crippen molar-refractivity contribution in [1.29, 1.82) is 0 Å². The molecule has 1 atom stereocenters. The molecule has 36 heavy (non-hydrogen) atoms. The number of allylic oxidation sites excluding steroid dienone is 1. The number of nitrogens with zero attached hydrogens (tertiary/aromatic N) is 3. The molecule has 1 aromatic heterocycles. The Bertz CT molecular complexity index is 1440. The average molecular weight is 481 g/mol. The minimum atomic E-state index is -0.472. The number of hydrogen-bond acceptors (Lipinski definition) is 5. The van der Waals surface area contributed by atoms with Crippen LogP contribution in [-0.2, 0) is 0 Å². The van der Waals surface area contributed by atoms with Gasteiger partial charge in [-0.3, -0.25) is 4.90 Å². The highest BCUT2D eigenvalue weighted by Crippen LogP contribution is 2.39. The highest BCUT2D eigenvalue weighted by Gasteiger charge is 2.36. The molecule has 1 aliphatic heterocycles. The number of benzene rings is 3. The molecule has 0 saturated heterocycles. The van der Waals surface area contributed by atoms with Crippen molar-refractivity contribution in [2.24, 2.45) is 0 Å². The normalized spacial score (nSPS) is 15.7. The Morgan fingerprint density at radius 2 is 1.69 bits per heavy atom. The molecule has 3 aromatic carbocycles. The van der Waals surface area contributed by atoms with Crippen molar-refractivity contribution in [3.63, 3.8) is 0 Å². The van der Waals surface area contributed by atoms with E-state index in [9.17, 15) is 4.79 Å². The number of hydrogen-bond donors (Lipinski definition) is 1. The zero-order chi connectivity index (χ0) is 25.2. The molecule has 182 valence electrons. The highest BCUT2D eigenvalue weighted by atomic mass is 16.5. The van der Waals surface area contributed by atoms with E-state index in [1.807, 2.05) is 100 Å². The van der Waals surface area contributed by atoms with E-state index in [1.54, 1.807) is 4.90 Å². The van der Waals surface area contributed by atoms with Crippen molar-refractivity contribution in [1.82, 2.24) is 15.5 Å².